The highest BCUT2D eigenvalue weighted by atomic mass is 32.2. The highest BCUT2D eigenvalue weighted by Crippen LogP contribution is 2.28. The summed E-state index contributed by atoms with van der Waals surface area (Å²) in [5, 5.41) is 9.15. The summed E-state index contributed by atoms with van der Waals surface area (Å²) < 4.78 is 27.5. The number of hydrogen-bond acceptors (Lipinski definition) is 4. The third kappa shape index (κ3) is 3.34. The Kier molecular flexibility index (Phi) is 3.93. The van der Waals surface area contributed by atoms with Gasteiger partial charge in [0.25, 0.3) is 0 Å². The molecule has 1 aromatic heterocycles. The van der Waals surface area contributed by atoms with E-state index in [0.29, 0.717) is 6.54 Å². The number of nitrogens with one attached hydrogen (secondary N) is 1. The SMILES string of the molecule is Cc1c(C(C)NCCS(N)(=O)=O)oc2ccccc12. The van der Waals surface area contributed by atoms with E-state index in [1.54, 1.807) is 0 Å². The summed E-state index contributed by atoms with van der Waals surface area (Å²) in [5.74, 6) is 0.743. The van der Waals surface area contributed by atoms with Crippen molar-refractivity contribution < 1.29 is 12.8 Å². The molecule has 0 aliphatic rings. The molecule has 104 valence electrons. The molecule has 0 saturated heterocycles. The minimum absolute atomic E-state index is 0.0610. The minimum Gasteiger partial charge on any atom is -0.459 e. The maximum absolute atomic E-state index is 10.9. The van der Waals surface area contributed by atoms with Gasteiger partial charge in [-0.25, -0.2) is 13.6 Å². The Balaban J connectivity index is 2.13. The summed E-state index contributed by atoms with van der Waals surface area (Å²) >= 11 is 0. The summed E-state index contributed by atoms with van der Waals surface area (Å²) in [6.07, 6.45) is 0. The lowest BCUT2D eigenvalue weighted by atomic mass is 10.1. The molecule has 1 aromatic carbocycles. The molecule has 0 fully saturated rings. The predicted octanol–water partition coefficient (Wildman–Crippen LogP) is 1.68. The van der Waals surface area contributed by atoms with Crippen LogP contribution in [0, 0.1) is 6.92 Å². The second-order valence-corrected chi connectivity index (χ2v) is 6.36. The van der Waals surface area contributed by atoms with Crippen molar-refractivity contribution >= 4 is 21.0 Å². The van der Waals surface area contributed by atoms with Crippen molar-refractivity contribution in [3.63, 3.8) is 0 Å². The van der Waals surface area contributed by atoms with Gasteiger partial charge in [-0.2, -0.15) is 0 Å². The van der Waals surface area contributed by atoms with Crippen LogP contribution in [0.4, 0.5) is 0 Å². The Morgan fingerprint density at radius 2 is 2.05 bits per heavy atom. The first-order valence-electron chi connectivity index (χ1n) is 6.10. The van der Waals surface area contributed by atoms with Gasteiger partial charge in [-0.15, -0.1) is 0 Å². The molecule has 1 unspecified atom stereocenters. The van der Waals surface area contributed by atoms with Crippen molar-refractivity contribution in [3.8, 4) is 0 Å². The molecule has 19 heavy (non-hydrogen) atoms. The molecule has 0 radical (unpaired) electrons. The van der Waals surface area contributed by atoms with Crippen LogP contribution in [0.15, 0.2) is 28.7 Å². The Bertz CT molecular complexity index is 676. The lowest BCUT2D eigenvalue weighted by Gasteiger charge is -2.11. The average molecular weight is 282 g/mol. The monoisotopic (exact) mass is 282 g/mol. The highest BCUT2D eigenvalue weighted by Gasteiger charge is 2.16. The number of primary sulfonamides is 1. The molecule has 0 aliphatic heterocycles. The van der Waals surface area contributed by atoms with Crippen LogP contribution >= 0.6 is 0 Å². The average Bonchev–Trinajstić information content (AvgIpc) is 2.66. The van der Waals surface area contributed by atoms with Gasteiger partial charge in [0.15, 0.2) is 0 Å². The highest BCUT2D eigenvalue weighted by molar-refractivity contribution is 7.89. The fraction of sp³-hybridized carbons (Fsp3) is 0.385. The first-order valence-corrected chi connectivity index (χ1v) is 7.82. The van der Waals surface area contributed by atoms with Crippen LogP contribution in [0.3, 0.4) is 0 Å². The molecule has 6 heteroatoms. The Morgan fingerprint density at radius 3 is 2.68 bits per heavy atom. The van der Waals surface area contributed by atoms with E-state index in [-0.39, 0.29) is 11.8 Å². The van der Waals surface area contributed by atoms with E-state index in [1.807, 2.05) is 38.1 Å². The zero-order valence-corrected chi connectivity index (χ0v) is 11.8. The molecule has 1 atom stereocenters. The van der Waals surface area contributed by atoms with Gasteiger partial charge >= 0.3 is 0 Å². The fourth-order valence-corrected chi connectivity index (χ4v) is 2.52. The van der Waals surface area contributed by atoms with Gasteiger partial charge in [0.1, 0.15) is 11.3 Å². The van der Waals surface area contributed by atoms with E-state index in [0.717, 1.165) is 22.3 Å². The molecule has 0 amide bonds. The summed E-state index contributed by atoms with van der Waals surface area (Å²) in [7, 11) is -3.43. The van der Waals surface area contributed by atoms with Gasteiger partial charge in [-0.05, 0) is 25.5 Å². The van der Waals surface area contributed by atoms with Crippen LogP contribution in [0.5, 0.6) is 0 Å². The molecular weight excluding hydrogens is 264 g/mol. The molecule has 0 bridgehead atoms. The number of fused-ring (bicyclic) bond motifs is 1. The number of hydrogen-bond donors (Lipinski definition) is 2. The number of sulfonamides is 1. The van der Waals surface area contributed by atoms with Crippen LogP contribution in [-0.2, 0) is 10.0 Å². The number of benzene rings is 1. The molecule has 2 rings (SSSR count). The lowest BCUT2D eigenvalue weighted by Crippen LogP contribution is -2.29. The van der Waals surface area contributed by atoms with Crippen LogP contribution in [0.25, 0.3) is 11.0 Å². The van der Waals surface area contributed by atoms with Gasteiger partial charge in [0, 0.05) is 11.9 Å². The second kappa shape index (κ2) is 5.32. The van der Waals surface area contributed by atoms with E-state index in [4.69, 9.17) is 9.56 Å². The first-order chi connectivity index (χ1) is 8.88. The van der Waals surface area contributed by atoms with Crippen molar-refractivity contribution in [2.24, 2.45) is 5.14 Å². The van der Waals surface area contributed by atoms with Gasteiger partial charge in [0.05, 0.1) is 11.8 Å². The summed E-state index contributed by atoms with van der Waals surface area (Å²) in [4.78, 5) is 0. The van der Waals surface area contributed by atoms with Crippen molar-refractivity contribution in [2.45, 2.75) is 19.9 Å². The van der Waals surface area contributed by atoms with Gasteiger partial charge in [0.2, 0.25) is 10.0 Å². The predicted molar refractivity (Wildman–Crippen MR) is 75.3 cm³/mol. The van der Waals surface area contributed by atoms with Crippen LogP contribution in [-0.4, -0.2) is 20.7 Å². The topological polar surface area (TPSA) is 85.3 Å². The summed E-state index contributed by atoms with van der Waals surface area (Å²) in [6.45, 7) is 4.24. The molecule has 1 heterocycles. The molecule has 0 aliphatic carbocycles. The van der Waals surface area contributed by atoms with Crippen LogP contribution in [0.2, 0.25) is 0 Å². The van der Waals surface area contributed by atoms with Crippen molar-refractivity contribution in [3.05, 3.63) is 35.6 Å². The summed E-state index contributed by atoms with van der Waals surface area (Å²) in [5.41, 5.74) is 1.92. The van der Waals surface area contributed by atoms with Gasteiger partial charge < -0.3 is 9.73 Å². The Morgan fingerprint density at radius 1 is 1.37 bits per heavy atom. The minimum atomic E-state index is -3.43. The van der Waals surface area contributed by atoms with Gasteiger partial charge in [-0.3, -0.25) is 0 Å². The summed E-state index contributed by atoms with van der Waals surface area (Å²) in [6, 6.07) is 7.76. The Hall–Kier alpha value is -1.37. The number of aryl methyl sites for hydroxylation is 1. The Labute approximate surface area is 112 Å². The van der Waals surface area contributed by atoms with E-state index >= 15 is 0 Å². The van der Waals surface area contributed by atoms with Gasteiger partial charge in [-0.1, -0.05) is 18.2 Å². The van der Waals surface area contributed by atoms with Crippen LogP contribution < -0.4 is 10.5 Å². The quantitative estimate of drug-likeness (QED) is 0.873. The maximum atomic E-state index is 10.9. The van der Waals surface area contributed by atoms with E-state index in [2.05, 4.69) is 5.32 Å². The van der Waals surface area contributed by atoms with Crippen LogP contribution in [0.1, 0.15) is 24.3 Å². The van der Waals surface area contributed by atoms with Crippen molar-refractivity contribution in [1.29, 1.82) is 0 Å². The maximum Gasteiger partial charge on any atom is 0.210 e. The third-order valence-corrected chi connectivity index (χ3v) is 3.88. The molecule has 0 saturated carbocycles. The number of rotatable bonds is 5. The zero-order valence-electron chi connectivity index (χ0n) is 11.0. The van der Waals surface area contributed by atoms with Crippen molar-refractivity contribution in [1.82, 2.24) is 5.32 Å². The second-order valence-electron chi connectivity index (χ2n) is 4.63. The smallest absolute Gasteiger partial charge is 0.210 e. The molecular formula is C13H18N2O3S. The molecule has 5 nitrogen and oxygen atoms in total. The van der Waals surface area contributed by atoms with E-state index in [9.17, 15) is 8.42 Å². The standard InChI is InChI=1S/C13H18N2O3S/c1-9-11-5-3-4-6-12(11)18-13(9)10(2)15-7-8-19(14,16)17/h3-6,10,15H,7-8H2,1-2H3,(H2,14,16,17). The lowest BCUT2D eigenvalue weighted by molar-refractivity contribution is 0.455. The molecule has 3 N–H and O–H groups in total. The largest absolute Gasteiger partial charge is 0.459 e. The molecule has 2 aromatic rings. The normalized spacial score (nSPS) is 13.8. The molecule has 0 spiro atoms. The zero-order chi connectivity index (χ0) is 14.0. The van der Waals surface area contributed by atoms with E-state index in [1.165, 1.54) is 0 Å². The van der Waals surface area contributed by atoms with E-state index < -0.39 is 10.0 Å². The number of furan rings is 1. The number of nitrogens with two attached hydrogens (primary N) is 1. The number of para-hydroxylation sites is 1. The van der Waals surface area contributed by atoms with Crippen molar-refractivity contribution in [2.75, 3.05) is 12.3 Å². The fourth-order valence-electron chi connectivity index (χ4n) is 2.12. The first kappa shape index (κ1) is 14.0. The third-order valence-electron chi connectivity index (χ3n) is 3.11.